The monoisotopic (exact) mass is 261 g/mol. The fourth-order valence-corrected chi connectivity index (χ4v) is 3.79. The van der Waals surface area contributed by atoms with Crippen molar-refractivity contribution in [2.45, 2.75) is 39.0 Å². The highest BCUT2D eigenvalue weighted by Gasteiger charge is 2.40. The summed E-state index contributed by atoms with van der Waals surface area (Å²) >= 11 is 0. The van der Waals surface area contributed by atoms with Gasteiger partial charge in [-0.1, -0.05) is 12.5 Å². The second-order valence-corrected chi connectivity index (χ2v) is 6.15. The molecule has 1 amide bonds. The summed E-state index contributed by atoms with van der Waals surface area (Å²) < 4.78 is 13.2. The Labute approximate surface area is 113 Å². The lowest BCUT2D eigenvalue weighted by molar-refractivity contribution is -0.117. The van der Waals surface area contributed by atoms with E-state index in [0.29, 0.717) is 18.0 Å². The summed E-state index contributed by atoms with van der Waals surface area (Å²) in [5, 5.41) is 2.86. The molecule has 2 saturated carbocycles. The Hall–Kier alpha value is -1.38. The Morgan fingerprint density at radius 1 is 1.37 bits per heavy atom. The molecule has 0 aliphatic heterocycles. The fourth-order valence-electron chi connectivity index (χ4n) is 3.79. The SMILES string of the molecule is Cc1ccc(F)cc1NC(=O)C[C@@H]1C[C@H]2CC[C@H]1C2. The first-order valence-corrected chi connectivity index (χ1v) is 7.18. The van der Waals surface area contributed by atoms with E-state index in [1.807, 2.05) is 6.92 Å². The lowest BCUT2D eigenvalue weighted by Gasteiger charge is -2.21. The summed E-state index contributed by atoms with van der Waals surface area (Å²) in [6.45, 7) is 1.88. The van der Waals surface area contributed by atoms with Crippen molar-refractivity contribution in [3.05, 3.63) is 29.6 Å². The van der Waals surface area contributed by atoms with Crippen LogP contribution in [0, 0.1) is 30.5 Å². The van der Waals surface area contributed by atoms with Gasteiger partial charge in [-0.25, -0.2) is 4.39 Å². The van der Waals surface area contributed by atoms with E-state index in [-0.39, 0.29) is 11.7 Å². The van der Waals surface area contributed by atoms with Crippen LogP contribution in [0.2, 0.25) is 0 Å². The van der Waals surface area contributed by atoms with Crippen molar-refractivity contribution >= 4 is 11.6 Å². The average Bonchev–Trinajstić information content (AvgIpc) is 2.96. The predicted octanol–water partition coefficient (Wildman–Crippen LogP) is 3.90. The van der Waals surface area contributed by atoms with E-state index < -0.39 is 0 Å². The van der Waals surface area contributed by atoms with Crippen LogP contribution in [0.4, 0.5) is 10.1 Å². The molecule has 1 aromatic carbocycles. The number of halogens is 1. The third kappa shape index (κ3) is 2.65. The molecule has 3 heteroatoms. The van der Waals surface area contributed by atoms with Crippen LogP contribution in [0.15, 0.2) is 18.2 Å². The fraction of sp³-hybridized carbons (Fsp3) is 0.562. The van der Waals surface area contributed by atoms with Crippen LogP contribution < -0.4 is 5.32 Å². The van der Waals surface area contributed by atoms with E-state index in [9.17, 15) is 9.18 Å². The summed E-state index contributed by atoms with van der Waals surface area (Å²) in [6.07, 6.45) is 5.77. The van der Waals surface area contributed by atoms with Gasteiger partial charge in [-0.2, -0.15) is 0 Å². The van der Waals surface area contributed by atoms with Gasteiger partial charge in [0.05, 0.1) is 0 Å². The Kier molecular flexibility index (Phi) is 3.29. The van der Waals surface area contributed by atoms with Crippen LogP contribution in [0.5, 0.6) is 0 Å². The number of nitrogens with one attached hydrogen (secondary N) is 1. The van der Waals surface area contributed by atoms with Gasteiger partial charge in [0, 0.05) is 12.1 Å². The molecule has 1 N–H and O–H groups in total. The summed E-state index contributed by atoms with van der Waals surface area (Å²) in [4.78, 5) is 12.1. The molecule has 0 spiro atoms. The van der Waals surface area contributed by atoms with Crippen molar-refractivity contribution < 1.29 is 9.18 Å². The zero-order valence-corrected chi connectivity index (χ0v) is 11.3. The highest BCUT2D eigenvalue weighted by atomic mass is 19.1. The predicted molar refractivity (Wildman–Crippen MR) is 73.3 cm³/mol. The molecular formula is C16H20FNO. The van der Waals surface area contributed by atoms with Crippen LogP contribution in [0.3, 0.4) is 0 Å². The normalized spacial score (nSPS) is 28.6. The number of anilines is 1. The number of fused-ring (bicyclic) bond motifs is 2. The number of hydrogen-bond acceptors (Lipinski definition) is 1. The number of aryl methyl sites for hydroxylation is 1. The molecule has 2 nitrogen and oxygen atoms in total. The van der Waals surface area contributed by atoms with Gasteiger partial charge >= 0.3 is 0 Å². The van der Waals surface area contributed by atoms with Gasteiger partial charge in [-0.05, 0) is 61.6 Å². The largest absolute Gasteiger partial charge is 0.326 e. The molecule has 0 unspecified atom stereocenters. The Morgan fingerprint density at radius 3 is 2.89 bits per heavy atom. The summed E-state index contributed by atoms with van der Waals surface area (Å²) in [7, 11) is 0. The molecule has 3 atom stereocenters. The third-order valence-electron chi connectivity index (χ3n) is 4.81. The maximum atomic E-state index is 13.2. The molecule has 2 fully saturated rings. The van der Waals surface area contributed by atoms with Crippen molar-refractivity contribution in [2.75, 3.05) is 5.32 Å². The van der Waals surface area contributed by atoms with Crippen molar-refractivity contribution in [2.24, 2.45) is 17.8 Å². The van der Waals surface area contributed by atoms with Gasteiger partial charge in [0.25, 0.3) is 0 Å². The van der Waals surface area contributed by atoms with E-state index in [4.69, 9.17) is 0 Å². The molecular weight excluding hydrogens is 241 g/mol. The number of amides is 1. The molecule has 0 aromatic heterocycles. The maximum Gasteiger partial charge on any atom is 0.224 e. The first-order valence-electron chi connectivity index (χ1n) is 7.18. The molecule has 1 aromatic rings. The van der Waals surface area contributed by atoms with Crippen LogP contribution in [-0.4, -0.2) is 5.91 Å². The molecule has 2 aliphatic carbocycles. The zero-order chi connectivity index (χ0) is 13.4. The quantitative estimate of drug-likeness (QED) is 0.878. The topological polar surface area (TPSA) is 29.1 Å². The summed E-state index contributed by atoms with van der Waals surface area (Å²) in [5.41, 5.74) is 1.51. The van der Waals surface area contributed by atoms with Gasteiger partial charge in [0.1, 0.15) is 5.82 Å². The second kappa shape index (κ2) is 4.95. The first kappa shape index (κ1) is 12.6. The number of benzene rings is 1. The highest BCUT2D eigenvalue weighted by molar-refractivity contribution is 5.91. The number of carbonyl (C=O) groups excluding carboxylic acids is 1. The van der Waals surface area contributed by atoms with Gasteiger partial charge < -0.3 is 5.32 Å². The molecule has 2 bridgehead atoms. The Morgan fingerprint density at radius 2 is 2.21 bits per heavy atom. The number of carbonyl (C=O) groups is 1. The van der Waals surface area contributed by atoms with Crippen molar-refractivity contribution in [1.82, 2.24) is 0 Å². The summed E-state index contributed by atoms with van der Waals surface area (Å²) in [6, 6.07) is 4.51. The highest BCUT2D eigenvalue weighted by Crippen LogP contribution is 2.49. The van der Waals surface area contributed by atoms with E-state index in [0.717, 1.165) is 17.4 Å². The van der Waals surface area contributed by atoms with E-state index in [1.54, 1.807) is 6.07 Å². The van der Waals surface area contributed by atoms with Crippen LogP contribution >= 0.6 is 0 Å². The first-order chi connectivity index (χ1) is 9.11. The molecule has 0 radical (unpaired) electrons. The molecule has 3 rings (SSSR count). The van der Waals surface area contributed by atoms with Crippen molar-refractivity contribution in [3.63, 3.8) is 0 Å². The van der Waals surface area contributed by atoms with E-state index >= 15 is 0 Å². The second-order valence-electron chi connectivity index (χ2n) is 6.15. The van der Waals surface area contributed by atoms with Gasteiger partial charge in [-0.3, -0.25) is 4.79 Å². The lowest BCUT2D eigenvalue weighted by atomic mass is 9.86. The maximum absolute atomic E-state index is 13.2. The molecule has 0 saturated heterocycles. The minimum atomic E-state index is -0.305. The lowest BCUT2D eigenvalue weighted by Crippen LogP contribution is -2.20. The minimum Gasteiger partial charge on any atom is -0.326 e. The Bertz CT molecular complexity index is 500. The number of rotatable bonds is 3. The average molecular weight is 261 g/mol. The standard InChI is InChI=1S/C16H20FNO/c1-10-2-5-14(17)9-15(10)18-16(19)8-13-7-11-3-4-12(13)6-11/h2,5,9,11-13H,3-4,6-8H2,1H3,(H,18,19)/t11-,12-,13-/m0/s1. The third-order valence-corrected chi connectivity index (χ3v) is 4.81. The minimum absolute atomic E-state index is 0.0336. The van der Waals surface area contributed by atoms with Crippen LogP contribution in [0.1, 0.15) is 37.7 Å². The Balaban J connectivity index is 1.61. The van der Waals surface area contributed by atoms with Crippen LogP contribution in [-0.2, 0) is 4.79 Å². The smallest absolute Gasteiger partial charge is 0.224 e. The van der Waals surface area contributed by atoms with E-state index in [1.165, 1.54) is 37.8 Å². The molecule has 102 valence electrons. The molecule has 0 heterocycles. The van der Waals surface area contributed by atoms with Crippen LogP contribution in [0.25, 0.3) is 0 Å². The van der Waals surface area contributed by atoms with Gasteiger partial charge in [0.15, 0.2) is 0 Å². The number of hydrogen-bond donors (Lipinski definition) is 1. The van der Waals surface area contributed by atoms with E-state index in [2.05, 4.69) is 5.32 Å². The zero-order valence-electron chi connectivity index (χ0n) is 11.3. The molecule has 19 heavy (non-hydrogen) atoms. The van der Waals surface area contributed by atoms with Gasteiger partial charge in [0.2, 0.25) is 5.91 Å². The van der Waals surface area contributed by atoms with Crippen molar-refractivity contribution in [1.29, 1.82) is 0 Å². The summed E-state index contributed by atoms with van der Waals surface area (Å²) in [5.74, 6) is 1.89. The molecule has 2 aliphatic rings. The van der Waals surface area contributed by atoms with Crippen molar-refractivity contribution in [3.8, 4) is 0 Å². The van der Waals surface area contributed by atoms with Gasteiger partial charge in [-0.15, -0.1) is 0 Å².